The first-order chi connectivity index (χ1) is 11.7. The summed E-state index contributed by atoms with van der Waals surface area (Å²) < 4.78 is 39.8. The largest absolute Gasteiger partial charge is 0.435 e. The third kappa shape index (κ3) is 6.44. The maximum absolute atomic E-state index is 12.9. The highest BCUT2D eigenvalue weighted by atomic mass is 19.4. The second-order valence-electron chi connectivity index (χ2n) is 6.21. The zero-order valence-electron chi connectivity index (χ0n) is 15.7. The number of anilines is 1. The van der Waals surface area contributed by atoms with Crippen molar-refractivity contribution in [2.24, 2.45) is 7.05 Å². The molecule has 3 nitrogen and oxygen atoms in total. The lowest BCUT2D eigenvalue weighted by atomic mass is 10.1. The summed E-state index contributed by atoms with van der Waals surface area (Å²) in [6, 6.07) is 6.90. The minimum absolute atomic E-state index is 0.0975. The number of aryl methyl sites for hydroxylation is 1. The Labute approximate surface area is 148 Å². The lowest BCUT2D eigenvalue weighted by Crippen LogP contribution is -2.09. The molecule has 0 saturated heterocycles. The molecular weight excluding hydrogens is 327 g/mol. The van der Waals surface area contributed by atoms with Crippen LogP contribution in [0.3, 0.4) is 0 Å². The molecule has 6 heteroatoms. The third-order valence-corrected chi connectivity index (χ3v) is 3.75. The standard InChI is InChI=1S/C13H14F3N3.C6H14/c1-18(2)10-6-4-9(5-7-10)11-8-19(3)17-12(11)13(14,15)16;1-3-5-6-4-2/h4-8H,1-3H3;3-6H2,1-2H3. The van der Waals surface area contributed by atoms with Crippen molar-refractivity contribution < 1.29 is 13.2 Å². The highest BCUT2D eigenvalue weighted by Gasteiger charge is 2.37. The molecule has 0 saturated carbocycles. The van der Waals surface area contributed by atoms with Crippen molar-refractivity contribution >= 4 is 5.69 Å². The molecule has 0 aliphatic carbocycles. The number of benzene rings is 1. The van der Waals surface area contributed by atoms with Crippen molar-refractivity contribution in [2.45, 2.75) is 45.7 Å². The molecule has 0 fully saturated rings. The average Bonchev–Trinajstić information content (AvgIpc) is 2.96. The SMILES string of the molecule is CCCCCC.CN(C)c1ccc(-c2cn(C)nc2C(F)(F)F)cc1. The summed E-state index contributed by atoms with van der Waals surface area (Å²) >= 11 is 0. The van der Waals surface area contributed by atoms with Crippen molar-refractivity contribution in [3.8, 4) is 11.1 Å². The molecule has 1 heterocycles. The van der Waals surface area contributed by atoms with E-state index in [2.05, 4.69) is 18.9 Å². The first-order valence-corrected chi connectivity index (χ1v) is 8.59. The van der Waals surface area contributed by atoms with Gasteiger partial charge in [0.05, 0.1) is 0 Å². The van der Waals surface area contributed by atoms with E-state index in [1.165, 1.54) is 43.6 Å². The van der Waals surface area contributed by atoms with Crippen LogP contribution in [0.1, 0.15) is 45.2 Å². The summed E-state index contributed by atoms with van der Waals surface area (Å²) in [5.74, 6) is 0. The molecule has 1 aromatic heterocycles. The molecule has 0 unspecified atom stereocenters. The zero-order chi connectivity index (χ0) is 19.0. The molecular formula is C19H28F3N3. The van der Waals surface area contributed by atoms with E-state index in [9.17, 15) is 13.2 Å². The number of rotatable bonds is 5. The van der Waals surface area contributed by atoms with Crippen LogP contribution < -0.4 is 4.90 Å². The van der Waals surface area contributed by atoms with Gasteiger partial charge in [-0.1, -0.05) is 51.7 Å². The summed E-state index contributed by atoms with van der Waals surface area (Å²) in [6.07, 6.45) is 2.47. The molecule has 2 aromatic rings. The predicted molar refractivity (Wildman–Crippen MR) is 97.8 cm³/mol. The van der Waals surface area contributed by atoms with E-state index in [0.29, 0.717) is 5.56 Å². The van der Waals surface area contributed by atoms with Gasteiger partial charge in [0.2, 0.25) is 0 Å². The fourth-order valence-corrected chi connectivity index (χ4v) is 2.35. The molecule has 25 heavy (non-hydrogen) atoms. The minimum Gasteiger partial charge on any atom is -0.378 e. The highest BCUT2D eigenvalue weighted by molar-refractivity contribution is 5.68. The Morgan fingerprint density at radius 3 is 1.92 bits per heavy atom. The monoisotopic (exact) mass is 355 g/mol. The van der Waals surface area contributed by atoms with Crippen LogP contribution in [0.15, 0.2) is 30.5 Å². The van der Waals surface area contributed by atoms with Gasteiger partial charge in [-0.3, -0.25) is 4.68 Å². The van der Waals surface area contributed by atoms with Gasteiger partial charge in [0.1, 0.15) is 0 Å². The van der Waals surface area contributed by atoms with E-state index < -0.39 is 11.9 Å². The lowest BCUT2D eigenvalue weighted by molar-refractivity contribution is -0.140. The van der Waals surface area contributed by atoms with Crippen LogP contribution in [-0.4, -0.2) is 23.9 Å². The predicted octanol–water partition coefficient (Wildman–Crippen LogP) is 5.76. The molecule has 0 atom stereocenters. The second kappa shape index (κ2) is 9.49. The van der Waals surface area contributed by atoms with E-state index >= 15 is 0 Å². The molecule has 0 amide bonds. The maximum atomic E-state index is 12.9. The molecule has 0 aliphatic rings. The van der Waals surface area contributed by atoms with E-state index in [1.807, 2.05) is 19.0 Å². The molecule has 0 N–H and O–H groups in total. The molecule has 2 rings (SSSR count). The Balaban J connectivity index is 0.000000450. The van der Waals surface area contributed by atoms with Crippen molar-refractivity contribution in [1.82, 2.24) is 9.78 Å². The lowest BCUT2D eigenvalue weighted by Gasteiger charge is -2.13. The molecule has 0 bridgehead atoms. The number of alkyl halides is 3. The van der Waals surface area contributed by atoms with Gasteiger partial charge < -0.3 is 4.90 Å². The van der Waals surface area contributed by atoms with Crippen LogP contribution in [0.2, 0.25) is 0 Å². The molecule has 1 aromatic carbocycles. The first kappa shape index (κ1) is 21.1. The minimum atomic E-state index is -4.45. The zero-order valence-corrected chi connectivity index (χ0v) is 15.7. The number of hydrogen-bond acceptors (Lipinski definition) is 2. The number of unbranched alkanes of at least 4 members (excludes halogenated alkanes) is 3. The van der Waals surface area contributed by atoms with Crippen LogP contribution in [-0.2, 0) is 13.2 Å². The summed E-state index contributed by atoms with van der Waals surface area (Å²) in [4.78, 5) is 1.89. The van der Waals surface area contributed by atoms with E-state index in [4.69, 9.17) is 0 Å². The second-order valence-corrected chi connectivity index (χ2v) is 6.21. The number of aromatic nitrogens is 2. The quantitative estimate of drug-likeness (QED) is 0.636. The molecule has 0 spiro atoms. The number of nitrogens with zero attached hydrogens (tertiary/aromatic N) is 3. The van der Waals surface area contributed by atoms with E-state index in [0.717, 1.165) is 5.69 Å². The van der Waals surface area contributed by atoms with Gasteiger partial charge in [0.25, 0.3) is 0 Å². The molecule has 0 aliphatic heterocycles. The summed E-state index contributed by atoms with van der Waals surface area (Å²) in [6.45, 7) is 4.46. The van der Waals surface area contributed by atoms with Crippen LogP contribution in [0.25, 0.3) is 11.1 Å². The Morgan fingerprint density at radius 1 is 1.00 bits per heavy atom. The fraction of sp³-hybridized carbons (Fsp3) is 0.526. The summed E-state index contributed by atoms with van der Waals surface area (Å²) in [5, 5.41) is 3.50. The Morgan fingerprint density at radius 2 is 1.52 bits per heavy atom. The van der Waals surface area contributed by atoms with Crippen molar-refractivity contribution in [3.05, 3.63) is 36.2 Å². The van der Waals surface area contributed by atoms with Gasteiger partial charge in [0.15, 0.2) is 5.69 Å². The topological polar surface area (TPSA) is 21.1 Å². The number of halogens is 3. The Hall–Kier alpha value is -1.98. The van der Waals surface area contributed by atoms with Gasteiger partial charge >= 0.3 is 6.18 Å². The fourth-order valence-electron chi connectivity index (χ4n) is 2.35. The van der Waals surface area contributed by atoms with Gasteiger partial charge in [0, 0.05) is 38.6 Å². The molecule has 140 valence electrons. The van der Waals surface area contributed by atoms with Crippen LogP contribution in [0.5, 0.6) is 0 Å². The highest BCUT2D eigenvalue weighted by Crippen LogP contribution is 2.36. The van der Waals surface area contributed by atoms with Gasteiger partial charge in [-0.2, -0.15) is 18.3 Å². The van der Waals surface area contributed by atoms with Crippen molar-refractivity contribution in [3.63, 3.8) is 0 Å². The van der Waals surface area contributed by atoms with Gasteiger partial charge in [-0.05, 0) is 17.7 Å². The number of hydrogen-bond donors (Lipinski definition) is 0. The normalized spacial score (nSPS) is 11.0. The smallest absolute Gasteiger partial charge is 0.378 e. The third-order valence-electron chi connectivity index (χ3n) is 3.75. The summed E-state index contributed by atoms with van der Waals surface area (Å²) in [7, 11) is 5.23. The average molecular weight is 355 g/mol. The van der Waals surface area contributed by atoms with E-state index in [1.54, 1.807) is 24.3 Å². The Kier molecular flexibility index (Phi) is 8.00. The Bertz CT molecular complexity index is 624. The van der Waals surface area contributed by atoms with E-state index in [-0.39, 0.29) is 5.56 Å². The van der Waals surface area contributed by atoms with Crippen LogP contribution in [0, 0.1) is 0 Å². The van der Waals surface area contributed by atoms with Crippen molar-refractivity contribution in [1.29, 1.82) is 0 Å². The maximum Gasteiger partial charge on any atom is 0.435 e. The first-order valence-electron chi connectivity index (χ1n) is 8.59. The van der Waals surface area contributed by atoms with Crippen LogP contribution >= 0.6 is 0 Å². The van der Waals surface area contributed by atoms with Crippen LogP contribution in [0.4, 0.5) is 18.9 Å². The summed E-state index contributed by atoms with van der Waals surface area (Å²) in [5.41, 5.74) is 0.681. The van der Waals surface area contributed by atoms with Crippen molar-refractivity contribution in [2.75, 3.05) is 19.0 Å². The molecule has 0 radical (unpaired) electrons. The van der Waals surface area contributed by atoms with Gasteiger partial charge in [-0.15, -0.1) is 0 Å². The van der Waals surface area contributed by atoms with Gasteiger partial charge in [-0.25, -0.2) is 0 Å².